The van der Waals surface area contributed by atoms with Crippen molar-refractivity contribution < 1.29 is 4.21 Å². The van der Waals surface area contributed by atoms with Crippen LogP contribution in [0.3, 0.4) is 0 Å². The average molecular weight is 281 g/mol. The molecule has 3 unspecified atom stereocenters. The lowest BCUT2D eigenvalue weighted by Crippen LogP contribution is -2.33. The summed E-state index contributed by atoms with van der Waals surface area (Å²) in [6, 6.07) is 8.09. The Labute approximate surface area is 120 Å². The molecule has 2 nitrogen and oxygen atoms in total. The lowest BCUT2D eigenvalue weighted by Gasteiger charge is -2.20. The second kappa shape index (κ2) is 6.67. The van der Waals surface area contributed by atoms with Gasteiger partial charge in [-0.05, 0) is 29.0 Å². The minimum Gasteiger partial charge on any atom is -0.327 e. The second-order valence-electron chi connectivity index (χ2n) is 6.34. The van der Waals surface area contributed by atoms with E-state index < -0.39 is 10.8 Å². The first-order valence-corrected chi connectivity index (χ1v) is 8.32. The third-order valence-corrected chi connectivity index (χ3v) is 5.19. The number of nitrogens with two attached hydrogens (primary N) is 1. The van der Waals surface area contributed by atoms with Gasteiger partial charge in [0.05, 0.1) is 10.8 Å². The molecule has 1 rings (SSSR count). The molecule has 0 aliphatic rings. The van der Waals surface area contributed by atoms with Gasteiger partial charge in [0.25, 0.3) is 0 Å². The molecule has 0 fully saturated rings. The second-order valence-corrected chi connectivity index (χ2v) is 7.83. The smallest absolute Gasteiger partial charge is 0.0545 e. The van der Waals surface area contributed by atoms with E-state index >= 15 is 0 Å². The average Bonchev–Trinajstić information content (AvgIpc) is 2.36. The molecular weight excluding hydrogens is 254 g/mol. The molecule has 0 aromatic heterocycles. The Kier molecular flexibility index (Phi) is 5.75. The number of hydrogen-bond donors (Lipinski definition) is 1. The van der Waals surface area contributed by atoms with Crippen LogP contribution in [0.5, 0.6) is 0 Å². The number of rotatable bonds is 5. The minimum atomic E-state index is -0.996. The van der Waals surface area contributed by atoms with Gasteiger partial charge in [-0.1, -0.05) is 53.2 Å². The Balaban J connectivity index is 2.74. The van der Waals surface area contributed by atoms with Gasteiger partial charge in [-0.2, -0.15) is 0 Å². The molecule has 2 N–H and O–H groups in total. The van der Waals surface area contributed by atoms with Gasteiger partial charge in [0.15, 0.2) is 0 Å². The van der Waals surface area contributed by atoms with Crippen molar-refractivity contribution in [3.8, 4) is 0 Å². The van der Waals surface area contributed by atoms with Gasteiger partial charge in [-0.25, -0.2) is 0 Å². The highest BCUT2D eigenvalue weighted by molar-refractivity contribution is 7.85. The molecule has 0 bridgehead atoms. The van der Waals surface area contributed by atoms with E-state index in [0.29, 0.717) is 11.7 Å². The van der Waals surface area contributed by atoms with Gasteiger partial charge >= 0.3 is 0 Å². The van der Waals surface area contributed by atoms with Crippen molar-refractivity contribution in [3.63, 3.8) is 0 Å². The number of hydrogen-bond acceptors (Lipinski definition) is 2. The summed E-state index contributed by atoms with van der Waals surface area (Å²) >= 11 is 0. The Bertz CT molecular complexity index is 419. The lowest BCUT2D eigenvalue weighted by molar-refractivity contribution is 0.472. The van der Waals surface area contributed by atoms with Crippen LogP contribution in [0.2, 0.25) is 0 Å². The first kappa shape index (κ1) is 16.4. The third-order valence-electron chi connectivity index (χ3n) is 3.70. The normalized spacial score (nSPS) is 16.9. The molecule has 0 aliphatic heterocycles. The van der Waals surface area contributed by atoms with Crippen molar-refractivity contribution in [2.45, 2.75) is 57.4 Å². The topological polar surface area (TPSA) is 43.1 Å². The lowest BCUT2D eigenvalue weighted by atomic mass is 9.87. The van der Waals surface area contributed by atoms with Crippen LogP contribution < -0.4 is 5.73 Å². The van der Waals surface area contributed by atoms with Crippen LogP contribution in [0.25, 0.3) is 0 Å². The van der Waals surface area contributed by atoms with Crippen molar-refractivity contribution in [3.05, 3.63) is 29.8 Å². The molecule has 0 saturated heterocycles. The predicted octanol–water partition coefficient (Wildman–Crippen LogP) is 3.47. The van der Waals surface area contributed by atoms with E-state index in [2.05, 4.69) is 46.8 Å². The fraction of sp³-hybridized carbons (Fsp3) is 0.625. The van der Waals surface area contributed by atoms with Gasteiger partial charge in [0.1, 0.15) is 0 Å². The molecule has 0 amide bonds. The van der Waals surface area contributed by atoms with E-state index in [0.717, 1.165) is 11.3 Å². The van der Waals surface area contributed by atoms with Crippen molar-refractivity contribution in [2.24, 2.45) is 11.7 Å². The third kappa shape index (κ3) is 4.73. The molecule has 0 radical (unpaired) electrons. The van der Waals surface area contributed by atoms with Crippen LogP contribution in [-0.4, -0.2) is 16.0 Å². The highest BCUT2D eigenvalue weighted by atomic mass is 32.2. The molecule has 1 aromatic carbocycles. The zero-order valence-corrected chi connectivity index (χ0v) is 13.6. The fourth-order valence-corrected chi connectivity index (χ4v) is 3.15. The van der Waals surface area contributed by atoms with Crippen molar-refractivity contribution in [1.29, 1.82) is 0 Å². The summed E-state index contributed by atoms with van der Waals surface area (Å²) in [7, 11) is -0.996. The number of benzene rings is 1. The maximum absolute atomic E-state index is 12.3. The summed E-state index contributed by atoms with van der Waals surface area (Å²) in [6.07, 6.45) is 1.03. The summed E-state index contributed by atoms with van der Waals surface area (Å²) in [5.41, 5.74) is 7.47. The summed E-state index contributed by atoms with van der Waals surface area (Å²) < 4.78 is 12.3. The molecule has 0 spiro atoms. The molecule has 3 atom stereocenters. The Morgan fingerprint density at radius 3 is 2.16 bits per heavy atom. The first-order valence-electron chi connectivity index (χ1n) is 7.00. The quantitative estimate of drug-likeness (QED) is 0.898. The van der Waals surface area contributed by atoms with Crippen molar-refractivity contribution in [2.75, 3.05) is 5.75 Å². The van der Waals surface area contributed by atoms with Gasteiger partial charge in [0.2, 0.25) is 0 Å². The molecule has 0 heterocycles. The highest BCUT2D eigenvalue weighted by Gasteiger charge is 2.17. The SMILES string of the molecule is CCC(C)C(N)CS(=O)c1ccc(C(C)(C)C)cc1. The van der Waals surface area contributed by atoms with Crippen LogP contribution in [0.1, 0.15) is 46.6 Å². The zero-order valence-electron chi connectivity index (χ0n) is 12.8. The fourth-order valence-electron chi connectivity index (χ4n) is 1.84. The standard InChI is InChI=1S/C16H27NOS/c1-6-12(2)15(17)11-19(18)14-9-7-13(8-10-14)16(3,4)5/h7-10,12,15H,6,11,17H2,1-5H3. The largest absolute Gasteiger partial charge is 0.327 e. The summed E-state index contributed by atoms with van der Waals surface area (Å²) in [5.74, 6) is 0.960. The minimum absolute atomic E-state index is 0.00752. The maximum atomic E-state index is 12.3. The zero-order chi connectivity index (χ0) is 14.6. The Morgan fingerprint density at radius 1 is 1.21 bits per heavy atom. The molecular formula is C16H27NOS. The van der Waals surface area contributed by atoms with Crippen LogP contribution >= 0.6 is 0 Å². The Morgan fingerprint density at radius 2 is 1.74 bits per heavy atom. The summed E-state index contributed by atoms with van der Waals surface area (Å²) in [5, 5.41) is 0. The maximum Gasteiger partial charge on any atom is 0.0545 e. The molecule has 19 heavy (non-hydrogen) atoms. The van der Waals surface area contributed by atoms with Gasteiger partial charge in [-0.15, -0.1) is 0 Å². The Hall–Kier alpha value is -0.670. The van der Waals surface area contributed by atoms with E-state index in [-0.39, 0.29) is 11.5 Å². The van der Waals surface area contributed by atoms with Gasteiger partial charge in [0, 0.05) is 16.7 Å². The van der Waals surface area contributed by atoms with Gasteiger partial charge < -0.3 is 5.73 Å². The molecule has 1 aromatic rings. The van der Waals surface area contributed by atoms with Crippen LogP contribution in [0.4, 0.5) is 0 Å². The van der Waals surface area contributed by atoms with E-state index in [4.69, 9.17) is 5.73 Å². The van der Waals surface area contributed by atoms with E-state index in [9.17, 15) is 4.21 Å². The molecule has 0 aliphatic carbocycles. The molecule has 0 saturated carbocycles. The van der Waals surface area contributed by atoms with Gasteiger partial charge in [-0.3, -0.25) is 4.21 Å². The molecule has 3 heteroatoms. The van der Waals surface area contributed by atoms with E-state index in [1.165, 1.54) is 5.56 Å². The summed E-state index contributed by atoms with van der Waals surface area (Å²) in [4.78, 5) is 0.881. The van der Waals surface area contributed by atoms with E-state index in [1.54, 1.807) is 0 Å². The first-order chi connectivity index (χ1) is 8.75. The monoisotopic (exact) mass is 281 g/mol. The van der Waals surface area contributed by atoms with Crippen molar-refractivity contribution >= 4 is 10.8 Å². The van der Waals surface area contributed by atoms with E-state index in [1.807, 2.05) is 12.1 Å². The van der Waals surface area contributed by atoms with Crippen molar-refractivity contribution in [1.82, 2.24) is 0 Å². The van der Waals surface area contributed by atoms with Crippen LogP contribution in [0.15, 0.2) is 29.2 Å². The molecule has 108 valence electrons. The predicted molar refractivity (Wildman–Crippen MR) is 83.8 cm³/mol. The highest BCUT2D eigenvalue weighted by Crippen LogP contribution is 2.23. The van der Waals surface area contributed by atoms with Crippen LogP contribution in [-0.2, 0) is 16.2 Å². The summed E-state index contributed by atoms with van der Waals surface area (Å²) in [6.45, 7) is 10.8. The van der Waals surface area contributed by atoms with Crippen LogP contribution in [0, 0.1) is 5.92 Å².